The molecule has 0 spiro atoms. The van der Waals surface area contributed by atoms with E-state index >= 15 is 0 Å². The molecule has 2 unspecified atom stereocenters. The molecule has 0 aromatic rings. The number of likely N-dealkylation sites (N-methyl/N-ethyl adjacent to an activating group) is 1. The zero-order valence-corrected chi connectivity index (χ0v) is 7.03. The molecule has 0 aliphatic carbocycles. The van der Waals surface area contributed by atoms with Gasteiger partial charge in [0.05, 0.1) is 6.10 Å². The number of carbonyl (C=O) groups is 1. The van der Waals surface area contributed by atoms with Gasteiger partial charge in [0.25, 0.3) is 5.91 Å². The van der Waals surface area contributed by atoms with Crippen LogP contribution in [0.4, 0.5) is 0 Å². The Bertz CT molecular complexity index is 136. The molecule has 0 aromatic heterocycles. The van der Waals surface area contributed by atoms with E-state index in [-0.39, 0.29) is 5.92 Å². The molecule has 0 heterocycles. The van der Waals surface area contributed by atoms with E-state index in [1.54, 1.807) is 13.8 Å². The van der Waals surface area contributed by atoms with Gasteiger partial charge in [0.15, 0.2) is 6.10 Å². The van der Waals surface area contributed by atoms with Gasteiger partial charge in [0.2, 0.25) is 0 Å². The van der Waals surface area contributed by atoms with Gasteiger partial charge >= 0.3 is 0 Å². The first kappa shape index (κ1) is 10.4. The number of aliphatic hydroxyl groups is 2. The number of rotatable bonds is 3. The molecule has 0 radical (unpaired) electrons. The minimum Gasteiger partial charge on any atom is -0.390 e. The number of nitrogens with one attached hydrogen (secondary N) is 1. The maximum atomic E-state index is 10.7. The average molecular weight is 161 g/mol. The minimum absolute atomic E-state index is 0.123. The molecule has 11 heavy (non-hydrogen) atoms. The first-order chi connectivity index (χ1) is 5.00. The van der Waals surface area contributed by atoms with Gasteiger partial charge in [0.1, 0.15) is 0 Å². The van der Waals surface area contributed by atoms with Crippen LogP contribution in [0.3, 0.4) is 0 Å². The van der Waals surface area contributed by atoms with Crippen LogP contribution in [0.1, 0.15) is 13.8 Å². The molecule has 0 aliphatic rings. The van der Waals surface area contributed by atoms with Crippen molar-refractivity contribution >= 4 is 5.91 Å². The maximum Gasteiger partial charge on any atom is 0.251 e. The first-order valence-corrected chi connectivity index (χ1v) is 3.58. The van der Waals surface area contributed by atoms with Crippen LogP contribution in [0, 0.1) is 5.92 Å². The third kappa shape index (κ3) is 2.86. The van der Waals surface area contributed by atoms with Gasteiger partial charge in [-0.1, -0.05) is 13.8 Å². The first-order valence-electron chi connectivity index (χ1n) is 3.58. The molecule has 0 rings (SSSR count). The quantitative estimate of drug-likeness (QED) is 0.503. The third-order valence-electron chi connectivity index (χ3n) is 1.52. The van der Waals surface area contributed by atoms with Crippen LogP contribution in [-0.2, 0) is 4.79 Å². The van der Waals surface area contributed by atoms with E-state index in [1.807, 2.05) is 0 Å². The maximum absolute atomic E-state index is 10.7. The van der Waals surface area contributed by atoms with Crippen molar-refractivity contribution in [3.63, 3.8) is 0 Å². The van der Waals surface area contributed by atoms with Gasteiger partial charge < -0.3 is 15.5 Å². The summed E-state index contributed by atoms with van der Waals surface area (Å²) in [4.78, 5) is 10.7. The Hall–Kier alpha value is -0.610. The van der Waals surface area contributed by atoms with E-state index in [2.05, 4.69) is 5.32 Å². The largest absolute Gasteiger partial charge is 0.390 e. The van der Waals surface area contributed by atoms with Crippen LogP contribution in [0.2, 0.25) is 0 Å². The number of hydrogen-bond acceptors (Lipinski definition) is 3. The third-order valence-corrected chi connectivity index (χ3v) is 1.52. The molecule has 0 saturated carbocycles. The standard InChI is InChI=1S/C7H15NO3/c1-4(2)5(9)6(10)7(11)8-3/h4-6,9-10H,1-3H3,(H,8,11). The summed E-state index contributed by atoms with van der Waals surface area (Å²) in [6.45, 7) is 3.47. The Morgan fingerprint density at radius 2 is 1.82 bits per heavy atom. The second-order valence-corrected chi connectivity index (χ2v) is 2.79. The predicted molar refractivity (Wildman–Crippen MR) is 40.9 cm³/mol. The molecule has 2 atom stereocenters. The highest BCUT2D eigenvalue weighted by Gasteiger charge is 2.25. The fourth-order valence-electron chi connectivity index (χ4n) is 0.668. The summed E-state index contributed by atoms with van der Waals surface area (Å²) in [5.41, 5.74) is 0. The Kier molecular flexibility index (Phi) is 4.07. The second-order valence-electron chi connectivity index (χ2n) is 2.79. The van der Waals surface area contributed by atoms with Crippen molar-refractivity contribution in [2.45, 2.75) is 26.1 Å². The number of carbonyl (C=O) groups excluding carboxylic acids is 1. The van der Waals surface area contributed by atoms with E-state index < -0.39 is 18.1 Å². The summed E-state index contributed by atoms with van der Waals surface area (Å²) >= 11 is 0. The zero-order chi connectivity index (χ0) is 9.02. The zero-order valence-electron chi connectivity index (χ0n) is 7.03. The Morgan fingerprint density at radius 1 is 1.36 bits per heavy atom. The highest BCUT2D eigenvalue weighted by atomic mass is 16.3. The average Bonchev–Trinajstić information content (AvgIpc) is 2.00. The molecule has 4 nitrogen and oxygen atoms in total. The molecular weight excluding hydrogens is 146 g/mol. The summed E-state index contributed by atoms with van der Waals surface area (Å²) < 4.78 is 0. The summed E-state index contributed by atoms with van der Waals surface area (Å²) in [5, 5.41) is 20.5. The lowest BCUT2D eigenvalue weighted by molar-refractivity contribution is -0.136. The van der Waals surface area contributed by atoms with Crippen molar-refractivity contribution < 1.29 is 15.0 Å². The summed E-state index contributed by atoms with van der Waals surface area (Å²) in [6.07, 6.45) is -2.31. The highest BCUT2D eigenvalue weighted by molar-refractivity contribution is 5.80. The SMILES string of the molecule is CNC(=O)C(O)C(O)C(C)C. The molecular formula is C7H15NO3. The molecule has 0 aromatic carbocycles. The highest BCUT2D eigenvalue weighted by Crippen LogP contribution is 2.05. The van der Waals surface area contributed by atoms with Crippen molar-refractivity contribution in [1.82, 2.24) is 5.32 Å². The van der Waals surface area contributed by atoms with Crippen molar-refractivity contribution in [3.05, 3.63) is 0 Å². The number of amides is 1. The normalized spacial score (nSPS) is 16.2. The minimum atomic E-state index is -1.32. The lowest BCUT2D eigenvalue weighted by Gasteiger charge is -2.19. The summed E-state index contributed by atoms with van der Waals surface area (Å²) in [7, 11) is 1.42. The van der Waals surface area contributed by atoms with E-state index in [0.29, 0.717) is 0 Å². The van der Waals surface area contributed by atoms with E-state index in [9.17, 15) is 9.90 Å². The van der Waals surface area contributed by atoms with Crippen molar-refractivity contribution in [2.24, 2.45) is 5.92 Å². The topological polar surface area (TPSA) is 69.6 Å². The van der Waals surface area contributed by atoms with Gasteiger partial charge in [-0.25, -0.2) is 0 Å². The van der Waals surface area contributed by atoms with E-state index in [4.69, 9.17) is 5.11 Å². The van der Waals surface area contributed by atoms with Crippen LogP contribution in [0.5, 0.6) is 0 Å². The molecule has 0 aliphatic heterocycles. The molecule has 1 amide bonds. The summed E-state index contributed by atoms with van der Waals surface area (Å²) in [6, 6.07) is 0. The van der Waals surface area contributed by atoms with Crippen molar-refractivity contribution in [1.29, 1.82) is 0 Å². The van der Waals surface area contributed by atoms with Crippen LogP contribution in [0.25, 0.3) is 0 Å². The molecule has 4 heteroatoms. The van der Waals surface area contributed by atoms with Crippen LogP contribution >= 0.6 is 0 Å². The van der Waals surface area contributed by atoms with E-state index in [1.165, 1.54) is 7.05 Å². The predicted octanol–water partition coefficient (Wildman–Crippen LogP) is -0.890. The molecule has 3 N–H and O–H groups in total. The van der Waals surface area contributed by atoms with Crippen LogP contribution < -0.4 is 5.32 Å². The van der Waals surface area contributed by atoms with Gasteiger partial charge in [0, 0.05) is 7.05 Å². The van der Waals surface area contributed by atoms with Gasteiger partial charge in [-0.15, -0.1) is 0 Å². The van der Waals surface area contributed by atoms with Gasteiger partial charge in [-0.2, -0.15) is 0 Å². The van der Waals surface area contributed by atoms with Crippen LogP contribution in [-0.4, -0.2) is 35.4 Å². The molecule has 0 saturated heterocycles. The Morgan fingerprint density at radius 3 is 2.09 bits per heavy atom. The molecule has 0 bridgehead atoms. The van der Waals surface area contributed by atoms with Crippen molar-refractivity contribution in [2.75, 3.05) is 7.05 Å². The van der Waals surface area contributed by atoms with Gasteiger partial charge in [-0.3, -0.25) is 4.79 Å². The lowest BCUT2D eigenvalue weighted by Crippen LogP contribution is -2.42. The molecule has 0 fully saturated rings. The fourth-order valence-corrected chi connectivity index (χ4v) is 0.668. The Balaban J connectivity index is 4.01. The smallest absolute Gasteiger partial charge is 0.251 e. The Labute approximate surface area is 66.2 Å². The fraction of sp³-hybridized carbons (Fsp3) is 0.857. The number of hydrogen-bond donors (Lipinski definition) is 3. The summed E-state index contributed by atoms with van der Waals surface area (Å²) in [5.74, 6) is -0.673. The molecule has 66 valence electrons. The van der Waals surface area contributed by atoms with Crippen LogP contribution in [0.15, 0.2) is 0 Å². The monoisotopic (exact) mass is 161 g/mol. The lowest BCUT2D eigenvalue weighted by atomic mass is 10.0. The van der Waals surface area contributed by atoms with E-state index in [0.717, 1.165) is 0 Å². The second kappa shape index (κ2) is 4.31. The number of aliphatic hydroxyl groups excluding tert-OH is 2. The van der Waals surface area contributed by atoms with Gasteiger partial charge in [-0.05, 0) is 5.92 Å². The van der Waals surface area contributed by atoms with Crippen molar-refractivity contribution in [3.8, 4) is 0 Å².